The lowest BCUT2D eigenvalue weighted by Crippen LogP contribution is -2.20. The Morgan fingerprint density at radius 2 is 1.70 bits per heavy atom. The summed E-state index contributed by atoms with van der Waals surface area (Å²) in [6.45, 7) is 1.94. The average molecular weight is 358 g/mol. The molecule has 1 aromatic heterocycles. The molecule has 3 aromatic rings. The Bertz CT molecular complexity index is 1020. The van der Waals surface area contributed by atoms with E-state index in [9.17, 15) is 4.39 Å². The second-order valence-corrected chi connectivity index (χ2v) is 6.38. The van der Waals surface area contributed by atoms with E-state index in [4.69, 9.17) is 4.99 Å². The van der Waals surface area contributed by atoms with Crippen LogP contribution >= 0.6 is 0 Å². The maximum Gasteiger partial charge on any atom is 0.141 e. The van der Waals surface area contributed by atoms with Crippen molar-refractivity contribution in [2.75, 3.05) is 12.4 Å². The lowest BCUT2D eigenvalue weighted by Gasteiger charge is -2.15. The Kier molecular flexibility index (Phi) is 4.50. The molecule has 2 heterocycles. The predicted octanol–water partition coefficient (Wildman–Crippen LogP) is 4.56. The smallest absolute Gasteiger partial charge is 0.141 e. The minimum Gasteiger partial charge on any atom is -0.326 e. The zero-order valence-electron chi connectivity index (χ0n) is 15.1. The Labute approximate surface area is 157 Å². The predicted molar refractivity (Wildman–Crippen MR) is 107 cm³/mol. The monoisotopic (exact) mass is 358 g/mol. The van der Waals surface area contributed by atoms with Gasteiger partial charge in [0.15, 0.2) is 0 Å². The lowest BCUT2D eigenvalue weighted by atomic mass is 10.0. The largest absolute Gasteiger partial charge is 0.326 e. The van der Waals surface area contributed by atoms with Gasteiger partial charge in [-0.1, -0.05) is 30.3 Å². The molecule has 4 nitrogen and oxygen atoms in total. The second kappa shape index (κ2) is 7.11. The minimum absolute atomic E-state index is 0.274. The highest BCUT2D eigenvalue weighted by Gasteiger charge is 2.26. The van der Waals surface area contributed by atoms with Crippen LogP contribution in [0.2, 0.25) is 0 Å². The van der Waals surface area contributed by atoms with E-state index in [1.807, 2.05) is 49.4 Å². The number of nitrogens with one attached hydrogen (secondary N) is 1. The van der Waals surface area contributed by atoms with Crippen molar-refractivity contribution < 1.29 is 4.39 Å². The van der Waals surface area contributed by atoms with Crippen molar-refractivity contribution in [2.24, 2.45) is 9.98 Å². The SMILES string of the molecule is CN=C1Nc2nc(C)ccc2C(c2ccc(F)cc2)=NC1c1ccccc1. The van der Waals surface area contributed by atoms with Gasteiger partial charge in [-0.3, -0.25) is 9.98 Å². The van der Waals surface area contributed by atoms with Crippen LogP contribution in [0, 0.1) is 12.7 Å². The number of halogens is 1. The van der Waals surface area contributed by atoms with Crippen LogP contribution in [0.15, 0.2) is 76.7 Å². The highest BCUT2D eigenvalue weighted by atomic mass is 19.1. The maximum atomic E-state index is 13.5. The van der Waals surface area contributed by atoms with Crippen molar-refractivity contribution in [2.45, 2.75) is 13.0 Å². The van der Waals surface area contributed by atoms with Crippen molar-refractivity contribution in [3.05, 3.63) is 94.9 Å². The van der Waals surface area contributed by atoms with E-state index in [1.54, 1.807) is 19.2 Å². The van der Waals surface area contributed by atoms with E-state index >= 15 is 0 Å². The topological polar surface area (TPSA) is 49.6 Å². The highest BCUT2D eigenvalue weighted by Crippen LogP contribution is 2.29. The van der Waals surface area contributed by atoms with E-state index in [0.29, 0.717) is 5.82 Å². The number of fused-ring (bicyclic) bond motifs is 1. The number of rotatable bonds is 2. The highest BCUT2D eigenvalue weighted by molar-refractivity contribution is 6.19. The zero-order chi connectivity index (χ0) is 18.8. The third kappa shape index (κ3) is 3.36. The van der Waals surface area contributed by atoms with Crippen molar-refractivity contribution in [3.63, 3.8) is 0 Å². The quantitative estimate of drug-likeness (QED) is 0.730. The van der Waals surface area contributed by atoms with Gasteiger partial charge in [0.05, 0.1) is 5.71 Å². The standard InChI is InChI=1S/C22H19FN4/c1-14-8-13-18-19(16-9-11-17(23)12-10-16)26-20(15-6-4-3-5-7-15)22(24-2)27-21(18)25-14/h3-13,20H,1-2H3,(H,24,25,27). The Balaban J connectivity index is 1.95. The fraction of sp³-hybridized carbons (Fsp3) is 0.136. The molecule has 1 aliphatic heterocycles. The lowest BCUT2D eigenvalue weighted by molar-refractivity contribution is 0.628. The molecule has 5 heteroatoms. The summed E-state index contributed by atoms with van der Waals surface area (Å²) < 4.78 is 13.5. The van der Waals surface area contributed by atoms with Crippen molar-refractivity contribution >= 4 is 17.4 Å². The van der Waals surface area contributed by atoms with E-state index in [-0.39, 0.29) is 11.9 Å². The molecule has 1 atom stereocenters. The number of aliphatic imine (C=N–C) groups is 2. The molecule has 2 aromatic carbocycles. The van der Waals surface area contributed by atoms with Crippen LogP contribution in [0.5, 0.6) is 0 Å². The molecule has 0 radical (unpaired) electrons. The first-order valence-electron chi connectivity index (χ1n) is 8.76. The number of benzene rings is 2. The molecule has 4 rings (SSSR count). The second-order valence-electron chi connectivity index (χ2n) is 6.38. The maximum absolute atomic E-state index is 13.5. The summed E-state index contributed by atoms with van der Waals surface area (Å²) in [6.07, 6.45) is 0. The van der Waals surface area contributed by atoms with Crippen molar-refractivity contribution in [1.82, 2.24) is 4.98 Å². The Morgan fingerprint density at radius 1 is 0.963 bits per heavy atom. The van der Waals surface area contributed by atoms with Crippen LogP contribution in [0.4, 0.5) is 10.2 Å². The fourth-order valence-electron chi connectivity index (χ4n) is 3.18. The molecule has 0 saturated heterocycles. The first kappa shape index (κ1) is 17.1. The molecule has 0 spiro atoms. The third-order valence-electron chi connectivity index (χ3n) is 4.53. The molecule has 0 fully saturated rings. The van der Waals surface area contributed by atoms with Crippen LogP contribution < -0.4 is 5.32 Å². The molecule has 134 valence electrons. The van der Waals surface area contributed by atoms with Gasteiger partial charge in [0, 0.05) is 23.9 Å². The molecule has 0 bridgehead atoms. The number of hydrogen-bond acceptors (Lipinski definition) is 3. The molecular weight excluding hydrogens is 339 g/mol. The summed E-state index contributed by atoms with van der Waals surface area (Å²) in [7, 11) is 1.74. The number of amidine groups is 1. The average Bonchev–Trinajstić information content (AvgIpc) is 2.85. The molecule has 0 saturated carbocycles. The van der Waals surface area contributed by atoms with Gasteiger partial charge < -0.3 is 5.32 Å². The fourth-order valence-corrected chi connectivity index (χ4v) is 3.18. The van der Waals surface area contributed by atoms with Gasteiger partial charge >= 0.3 is 0 Å². The Hall–Kier alpha value is -3.34. The molecule has 0 amide bonds. The number of anilines is 1. The molecule has 1 aliphatic rings. The molecule has 0 aliphatic carbocycles. The van der Waals surface area contributed by atoms with Gasteiger partial charge in [0.1, 0.15) is 23.5 Å². The van der Waals surface area contributed by atoms with Crippen LogP contribution in [0.1, 0.15) is 28.4 Å². The first-order chi connectivity index (χ1) is 13.2. The van der Waals surface area contributed by atoms with E-state index in [2.05, 4.69) is 15.3 Å². The number of pyridine rings is 1. The normalized spacial score (nSPS) is 17.7. The first-order valence-corrected chi connectivity index (χ1v) is 8.76. The van der Waals surface area contributed by atoms with E-state index < -0.39 is 0 Å². The van der Waals surface area contributed by atoms with Gasteiger partial charge in [-0.15, -0.1) is 0 Å². The van der Waals surface area contributed by atoms with Crippen molar-refractivity contribution in [1.29, 1.82) is 0 Å². The summed E-state index contributed by atoms with van der Waals surface area (Å²) in [5.74, 6) is 1.15. The van der Waals surface area contributed by atoms with E-state index in [0.717, 1.165) is 33.9 Å². The van der Waals surface area contributed by atoms with Gasteiger partial charge in [-0.05, 0) is 48.9 Å². The molecule has 1 unspecified atom stereocenters. The van der Waals surface area contributed by atoms with Crippen molar-refractivity contribution in [3.8, 4) is 0 Å². The van der Waals surface area contributed by atoms with Gasteiger partial charge in [-0.25, -0.2) is 9.37 Å². The van der Waals surface area contributed by atoms with Crippen LogP contribution in [0.25, 0.3) is 0 Å². The summed E-state index contributed by atoms with van der Waals surface area (Å²) in [5.41, 5.74) is 4.38. The zero-order valence-corrected chi connectivity index (χ0v) is 15.1. The molecule has 1 N–H and O–H groups in total. The minimum atomic E-state index is -0.300. The summed E-state index contributed by atoms with van der Waals surface area (Å²) in [6, 6.07) is 20.0. The van der Waals surface area contributed by atoms with Gasteiger partial charge in [-0.2, -0.15) is 0 Å². The van der Waals surface area contributed by atoms with Gasteiger partial charge in [0.25, 0.3) is 0 Å². The number of nitrogens with zero attached hydrogens (tertiary/aromatic N) is 3. The third-order valence-corrected chi connectivity index (χ3v) is 4.53. The summed E-state index contributed by atoms with van der Waals surface area (Å²) >= 11 is 0. The molecular formula is C22H19FN4. The number of aryl methyl sites for hydroxylation is 1. The van der Waals surface area contributed by atoms with Gasteiger partial charge in [0.2, 0.25) is 0 Å². The van der Waals surface area contributed by atoms with E-state index in [1.165, 1.54) is 12.1 Å². The van der Waals surface area contributed by atoms with Crippen LogP contribution in [-0.2, 0) is 0 Å². The summed E-state index contributed by atoms with van der Waals surface area (Å²) in [5, 5.41) is 3.36. The number of hydrogen-bond donors (Lipinski definition) is 1. The van der Waals surface area contributed by atoms with Crippen LogP contribution in [0.3, 0.4) is 0 Å². The Morgan fingerprint density at radius 3 is 2.41 bits per heavy atom. The molecule has 27 heavy (non-hydrogen) atoms. The van der Waals surface area contributed by atoms with Crippen LogP contribution in [-0.4, -0.2) is 23.6 Å². The summed E-state index contributed by atoms with van der Waals surface area (Å²) in [4.78, 5) is 14.1. The number of aromatic nitrogens is 1.